The molecule has 0 atom stereocenters. The molecule has 0 radical (unpaired) electrons. The van der Waals surface area contributed by atoms with E-state index >= 15 is 0 Å². The maximum atomic E-state index is 3.34. The van der Waals surface area contributed by atoms with Gasteiger partial charge in [-0.3, -0.25) is 0 Å². The summed E-state index contributed by atoms with van der Waals surface area (Å²) in [6.07, 6.45) is 10.1. The van der Waals surface area contributed by atoms with Crippen LogP contribution >= 0.6 is 21.6 Å². The number of nitrogens with zero attached hydrogens (tertiary/aromatic N) is 3. The highest BCUT2D eigenvalue weighted by Crippen LogP contribution is 2.39. The Morgan fingerprint density at radius 2 is 1.26 bits per heavy atom. The Morgan fingerprint density at radius 3 is 1.84 bits per heavy atom. The molecule has 1 N–H and O–H groups in total. The molecular formula is C44H55N4S2+. The molecule has 0 spiro atoms. The summed E-state index contributed by atoms with van der Waals surface area (Å²) in [5.41, 5.74) is 11.6. The van der Waals surface area contributed by atoms with Gasteiger partial charge in [0.05, 0.1) is 5.41 Å². The molecule has 0 saturated carbocycles. The molecular weight excluding hydrogens is 649 g/mol. The van der Waals surface area contributed by atoms with Crippen LogP contribution in [0, 0.1) is 0 Å². The van der Waals surface area contributed by atoms with E-state index in [0.717, 1.165) is 31.0 Å². The minimum atomic E-state index is -0.00479. The van der Waals surface area contributed by atoms with Gasteiger partial charge in [-0.05, 0) is 78.8 Å². The number of allylic oxidation sites excluding steroid dienone is 2. The summed E-state index contributed by atoms with van der Waals surface area (Å²) in [7, 11) is 12.5. The number of para-hydroxylation sites is 2. The molecule has 0 unspecified atom stereocenters. The van der Waals surface area contributed by atoms with Crippen LogP contribution in [0.25, 0.3) is 12.2 Å². The van der Waals surface area contributed by atoms with Crippen LogP contribution in [-0.4, -0.2) is 63.1 Å². The van der Waals surface area contributed by atoms with Crippen molar-refractivity contribution < 1.29 is 4.58 Å². The van der Waals surface area contributed by atoms with Crippen LogP contribution in [0.15, 0.2) is 109 Å². The van der Waals surface area contributed by atoms with E-state index in [1.54, 1.807) is 0 Å². The third kappa shape index (κ3) is 9.07. The van der Waals surface area contributed by atoms with Gasteiger partial charge in [0.25, 0.3) is 0 Å². The van der Waals surface area contributed by atoms with Crippen molar-refractivity contribution in [3.63, 3.8) is 0 Å². The van der Waals surface area contributed by atoms with Crippen molar-refractivity contribution in [3.05, 3.63) is 131 Å². The SMILES string of the molecule is CNc1ccccc1C(C)(C)C/C=C/c1ccc(N(C)CCSSCCN(C)c2ccc(/C=C/C3=[N+](C)c4ccccc4C3(C)C)cc2)cc1. The fourth-order valence-corrected chi connectivity index (χ4v) is 8.86. The topological polar surface area (TPSA) is 21.5 Å². The van der Waals surface area contributed by atoms with Crippen molar-refractivity contribution in [2.45, 2.75) is 44.9 Å². The standard InChI is InChI=1S/C44H55N4S2/c1-43(2,38-15-9-11-17-40(38)45-5)29-13-14-34-19-24-36(25-20-34)46(6)30-32-49-50-33-31-47(7)37-26-21-35(22-27-37)23-28-42-44(3,4)39-16-10-12-18-41(39)48(42)8/h9-28,45H,29-33H2,1-8H3/q+1/b14-13+. The van der Waals surface area contributed by atoms with Gasteiger partial charge in [-0.15, -0.1) is 0 Å². The fraction of sp³-hybridized carbons (Fsp3) is 0.341. The fourth-order valence-electron chi connectivity index (χ4n) is 6.77. The molecule has 0 saturated heterocycles. The van der Waals surface area contributed by atoms with E-state index in [4.69, 9.17) is 0 Å². The van der Waals surface area contributed by atoms with E-state index in [9.17, 15) is 0 Å². The molecule has 4 aromatic rings. The maximum absolute atomic E-state index is 3.34. The minimum Gasteiger partial charge on any atom is -0.388 e. The smallest absolute Gasteiger partial charge is 0.209 e. The largest absolute Gasteiger partial charge is 0.388 e. The number of fused-ring (bicyclic) bond motifs is 1. The van der Waals surface area contributed by atoms with Gasteiger partial charge in [0, 0.05) is 80.5 Å². The lowest BCUT2D eigenvalue weighted by Gasteiger charge is -2.26. The summed E-state index contributed by atoms with van der Waals surface area (Å²) in [5, 5.41) is 3.34. The van der Waals surface area contributed by atoms with Crippen molar-refractivity contribution in [1.29, 1.82) is 0 Å². The first kappa shape index (κ1) is 37.4. The summed E-state index contributed by atoms with van der Waals surface area (Å²) in [6, 6.07) is 35.2. The van der Waals surface area contributed by atoms with Gasteiger partial charge in [0.2, 0.25) is 5.69 Å². The number of anilines is 3. The first-order chi connectivity index (χ1) is 24.0. The average Bonchev–Trinajstić information content (AvgIpc) is 3.32. The van der Waals surface area contributed by atoms with Crippen molar-refractivity contribution in [1.82, 2.24) is 0 Å². The molecule has 50 heavy (non-hydrogen) atoms. The molecule has 1 aliphatic rings. The highest BCUT2D eigenvalue weighted by atomic mass is 33.1. The van der Waals surface area contributed by atoms with Crippen LogP contribution in [-0.2, 0) is 10.8 Å². The Labute approximate surface area is 309 Å². The first-order valence-electron chi connectivity index (χ1n) is 17.7. The van der Waals surface area contributed by atoms with Gasteiger partial charge >= 0.3 is 0 Å². The summed E-state index contributed by atoms with van der Waals surface area (Å²) in [4.78, 5) is 4.70. The summed E-state index contributed by atoms with van der Waals surface area (Å²) in [5.74, 6) is 2.18. The molecule has 0 aliphatic carbocycles. The van der Waals surface area contributed by atoms with E-state index in [2.05, 4.69) is 190 Å². The lowest BCUT2D eigenvalue weighted by molar-refractivity contribution is -0.401. The van der Waals surface area contributed by atoms with E-state index < -0.39 is 0 Å². The van der Waals surface area contributed by atoms with Gasteiger partial charge in [0.1, 0.15) is 7.05 Å². The number of hydrogen-bond donors (Lipinski definition) is 1. The van der Waals surface area contributed by atoms with E-state index in [-0.39, 0.29) is 10.8 Å². The Kier molecular flexibility index (Phi) is 12.6. The Balaban J connectivity index is 1.00. The normalized spacial score (nSPS) is 14.1. The third-order valence-corrected chi connectivity index (χ3v) is 12.4. The molecule has 0 bridgehead atoms. The molecule has 1 aliphatic heterocycles. The van der Waals surface area contributed by atoms with Crippen LogP contribution < -0.4 is 15.1 Å². The van der Waals surface area contributed by atoms with Gasteiger partial charge in [0.15, 0.2) is 5.71 Å². The molecule has 1 heterocycles. The number of benzene rings is 4. The van der Waals surface area contributed by atoms with E-state index in [1.807, 2.05) is 28.6 Å². The lowest BCUT2D eigenvalue weighted by atomic mass is 9.80. The minimum absolute atomic E-state index is 0.00479. The van der Waals surface area contributed by atoms with Gasteiger partial charge in [-0.25, -0.2) is 0 Å². The lowest BCUT2D eigenvalue weighted by Crippen LogP contribution is -2.26. The van der Waals surface area contributed by atoms with Gasteiger partial charge < -0.3 is 15.1 Å². The summed E-state index contributed by atoms with van der Waals surface area (Å²) < 4.78 is 2.33. The monoisotopic (exact) mass is 703 g/mol. The van der Waals surface area contributed by atoms with Crippen LogP contribution in [0.1, 0.15) is 56.4 Å². The second-order valence-corrected chi connectivity index (χ2v) is 17.1. The van der Waals surface area contributed by atoms with Crippen LogP contribution in [0.2, 0.25) is 0 Å². The molecule has 262 valence electrons. The molecule has 4 nitrogen and oxygen atoms in total. The quantitative estimate of drug-likeness (QED) is 0.0710. The number of rotatable bonds is 16. The summed E-state index contributed by atoms with van der Waals surface area (Å²) >= 11 is 0. The summed E-state index contributed by atoms with van der Waals surface area (Å²) in [6.45, 7) is 11.3. The number of hydrogen-bond acceptors (Lipinski definition) is 5. The van der Waals surface area contributed by atoms with Crippen molar-refractivity contribution in [2.24, 2.45) is 0 Å². The molecule has 0 fully saturated rings. The Bertz CT molecular complexity index is 1800. The highest BCUT2D eigenvalue weighted by molar-refractivity contribution is 8.76. The highest BCUT2D eigenvalue weighted by Gasteiger charge is 2.42. The van der Waals surface area contributed by atoms with Crippen LogP contribution in [0.5, 0.6) is 0 Å². The van der Waals surface area contributed by atoms with Crippen LogP contribution in [0.3, 0.4) is 0 Å². The zero-order valence-electron chi connectivity index (χ0n) is 31.2. The maximum Gasteiger partial charge on any atom is 0.209 e. The second kappa shape index (κ2) is 16.9. The molecule has 4 aromatic carbocycles. The molecule has 5 rings (SSSR count). The Morgan fingerprint density at radius 1 is 0.720 bits per heavy atom. The van der Waals surface area contributed by atoms with Crippen molar-refractivity contribution in [2.75, 3.05) is 67.9 Å². The zero-order chi connectivity index (χ0) is 35.7. The first-order valence-corrected chi connectivity index (χ1v) is 20.2. The molecule has 0 aromatic heterocycles. The van der Waals surface area contributed by atoms with E-state index in [1.165, 1.54) is 50.7 Å². The van der Waals surface area contributed by atoms with Crippen molar-refractivity contribution >= 4 is 62.2 Å². The van der Waals surface area contributed by atoms with E-state index in [0.29, 0.717) is 0 Å². The molecule has 0 amide bonds. The predicted molar refractivity (Wildman–Crippen MR) is 226 cm³/mol. The predicted octanol–water partition coefficient (Wildman–Crippen LogP) is 10.8. The van der Waals surface area contributed by atoms with Gasteiger partial charge in [-0.1, -0.05) is 108 Å². The zero-order valence-corrected chi connectivity index (χ0v) is 32.9. The Hall–Kier alpha value is -3.87. The third-order valence-electron chi connectivity index (χ3n) is 10.0. The number of nitrogens with one attached hydrogen (secondary N) is 1. The average molecular weight is 704 g/mol. The second-order valence-electron chi connectivity index (χ2n) is 14.4. The molecule has 6 heteroatoms. The van der Waals surface area contributed by atoms with Crippen molar-refractivity contribution in [3.8, 4) is 0 Å². The van der Waals surface area contributed by atoms with Gasteiger partial charge in [-0.2, -0.15) is 4.58 Å². The van der Waals surface area contributed by atoms with Crippen LogP contribution in [0.4, 0.5) is 22.7 Å².